The molecule has 0 aliphatic carbocycles. The summed E-state index contributed by atoms with van der Waals surface area (Å²) in [6, 6.07) is 0. The number of carbonyl (C=O) groups excluding carboxylic acids is 1. The van der Waals surface area contributed by atoms with Crippen LogP contribution in [0.1, 0.15) is 49.8 Å². The zero-order valence-electron chi connectivity index (χ0n) is 10.2. The van der Waals surface area contributed by atoms with Crippen molar-refractivity contribution in [3.05, 3.63) is 28.2 Å². The molecule has 0 fully saturated rings. The van der Waals surface area contributed by atoms with Crippen LogP contribution in [0.25, 0.3) is 0 Å². The standard InChI is InChI=1S/C13H19NOS/c1-10(2)5-4-6-11(3)9-12(15)13-14-7-8-16-13/h5,7-8,11H,4,6,9H2,1-3H3. The number of allylic oxidation sites excluding steroid dienone is 2. The molecule has 0 spiro atoms. The summed E-state index contributed by atoms with van der Waals surface area (Å²) < 4.78 is 0. The molecule has 0 amide bonds. The first-order valence-electron chi connectivity index (χ1n) is 5.65. The van der Waals surface area contributed by atoms with E-state index >= 15 is 0 Å². The molecular formula is C13H19NOS. The fraction of sp³-hybridized carbons (Fsp3) is 0.538. The van der Waals surface area contributed by atoms with Crippen LogP contribution in [0.15, 0.2) is 23.2 Å². The zero-order valence-corrected chi connectivity index (χ0v) is 11.0. The van der Waals surface area contributed by atoms with Crippen LogP contribution in [-0.4, -0.2) is 10.8 Å². The third kappa shape index (κ3) is 4.71. The van der Waals surface area contributed by atoms with Gasteiger partial charge in [0.05, 0.1) is 0 Å². The van der Waals surface area contributed by atoms with Gasteiger partial charge < -0.3 is 0 Å². The molecule has 0 bridgehead atoms. The molecule has 2 nitrogen and oxygen atoms in total. The van der Waals surface area contributed by atoms with Crippen LogP contribution in [0.4, 0.5) is 0 Å². The van der Waals surface area contributed by atoms with Gasteiger partial charge in [0.25, 0.3) is 0 Å². The van der Waals surface area contributed by atoms with Gasteiger partial charge in [0.2, 0.25) is 0 Å². The Morgan fingerprint density at radius 1 is 1.56 bits per heavy atom. The smallest absolute Gasteiger partial charge is 0.191 e. The topological polar surface area (TPSA) is 30.0 Å². The number of nitrogens with zero attached hydrogens (tertiary/aromatic N) is 1. The van der Waals surface area contributed by atoms with Gasteiger partial charge in [0, 0.05) is 18.0 Å². The Morgan fingerprint density at radius 2 is 2.31 bits per heavy atom. The first-order valence-corrected chi connectivity index (χ1v) is 6.53. The number of rotatable bonds is 6. The van der Waals surface area contributed by atoms with Crippen LogP contribution in [0.5, 0.6) is 0 Å². The van der Waals surface area contributed by atoms with Gasteiger partial charge in [-0.3, -0.25) is 4.79 Å². The molecule has 0 saturated carbocycles. The van der Waals surface area contributed by atoms with Crippen molar-refractivity contribution >= 4 is 17.1 Å². The Labute approximate surface area is 101 Å². The van der Waals surface area contributed by atoms with E-state index in [1.807, 2.05) is 5.38 Å². The van der Waals surface area contributed by atoms with Gasteiger partial charge in [0.15, 0.2) is 10.8 Å². The highest BCUT2D eigenvalue weighted by Crippen LogP contribution is 2.16. The summed E-state index contributed by atoms with van der Waals surface area (Å²) in [7, 11) is 0. The van der Waals surface area contributed by atoms with Crippen molar-refractivity contribution in [2.75, 3.05) is 0 Å². The van der Waals surface area contributed by atoms with E-state index in [4.69, 9.17) is 0 Å². The molecule has 0 N–H and O–H groups in total. The van der Waals surface area contributed by atoms with E-state index < -0.39 is 0 Å². The van der Waals surface area contributed by atoms with Gasteiger partial charge >= 0.3 is 0 Å². The molecule has 0 aromatic carbocycles. The predicted molar refractivity (Wildman–Crippen MR) is 68.9 cm³/mol. The molecule has 1 aromatic heterocycles. The highest BCUT2D eigenvalue weighted by molar-refractivity contribution is 7.11. The van der Waals surface area contributed by atoms with Crippen molar-refractivity contribution in [3.8, 4) is 0 Å². The SMILES string of the molecule is CC(C)=CCCC(C)CC(=O)c1nccs1. The first-order chi connectivity index (χ1) is 7.59. The number of Topliss-reactive ketones (excluding diaryl/α,β-unsaturated/α-hetero) is 1. The molecule has 0 saturated heterocycles. The minimum absolute atomic E-state index is 0.180. The van der Waals surface area contributed by atoms with E-state index in [1.54, 1.807) is 6.20 Å². The van der Waals surface area contributed by atoms with Crippen LogP contribution in [-0.2, 0) is 0 Å². The molecule has 88 valence electrons. The van der Waals surface area contributed by atoms with E-state index in [0.717, 1.165) is 12.8 Å². The molecule has 0 aliphatic heterocycles. The van der Waals surface area contributed by atoms with E-state index in [-0.39, 0.29) is 5.78 Å². The summed E-state index contributed by atoms with van der Waals surface area (Å²) in [5.74, 6) is 0.617. The second-order valence-corrected chi connectivity index (χ2v) is 5.32. The summed E-state index contributed by atoms with van der Waals surface area (Å²) in [5.41, 5.74) is 1.35. The van der Waals surface area contributed by atoms with Crippen molar-refractivity contribution < 1.29 is 4.79 Å². The summed E-state index contributed by atoms with van der Waals surface area (Å²) in [6.45, 7) is 6.33. The Balaban J connectivity index is 2.32. The molecule has 1 unspecified atom stereocenters. The molecule has 1 atom stereocenters. The quantitative estimate of drug-likeness (QED) is 0.551. The molecule has 0 radical (unpaired) electrons. The third-order valence-electron chi connectivity index (χ3n) is 2.42. The van der Waals surface area contributed by atoms with Crippen molar-refractivity contribution in [3.63, 3.8) is 0 Å². The largest absolute Gasteiger partial charge is 0.292 e. The summed E-state index contributed by atoms with van der Waals surface area (Å²) in [6.07, 6.45) is 6.66. The Bertz CT molecular complexity index is 350. The minimum Gasteiger partial charge on any atom is -0.292 e. The maximum absolute atomic E-state index is 11.7. The second kappa shape index (κ2) is 6.59. The van der Waals surface area contributed by atoms with Crippen molar-refractivity contribution in [1.82, 2.24) is 4.98 Å². The molecule has 1 rings (SSSR count). The van der Waals surface area contributed by atoms with Gasteiger partial charge in [0.1, 0.15) is 0 Å². The second-order valence-electron chi connectivity index (χ2n) is 4.43. The number of aromatic nitrogens is 1. The van der Waals surface area contributed by atoms with Gasteiger partial charge in [-0.1, -0.05) is 18.6 Å². The lowest BCUT2D eigenvalue weighted by Crippen LogP contribution is -2.05. The summed E-state index contributed by atoms with van der Waals surface area (Å²) in [4.78, 5) is 15.8. The fourth-order valence-electron chi connectivity index (χ4n) is 1.52. The van der Waals surface area contributed by atoms with Crippen LogP contribution in [0, 0.1) is 5.92 Å². The number of carbonyl (C=O) groups is 1. The monoisotopic (exact) mass is 237 g/mol. The third-order valence-corrected chi connectivity index (χ3v) is 3.23. The highest BCUT2D eigenvalue weighted by Gasteiger charge is 2.12. The summed E-state index contributed by atoms with van der Waals surface area (Å²) >= 11 is 1.43. The lowest BCUT2D eigenvalue weighted by atomic mass is 9.99. The van der Waals surface area contributed by atoms with Crippen LogP contribution in [0.2, 0.25) is 0 Å². The molecule has 16 heavy (non-hydrogen) atoms. The van der Waals surface area contributed by atoms with E-state index in [2.05, 4.69) is 31.8 Å². The van der Waals surface area contributed by atoms with Gasteiger partial charge in [-0.05, 0) is 32.6 Å². The molecule has 3 heteroatoms. The molecule has 1 heterocycles. The average molecular weight is 237 g/mol. The maximum atomic E-state index is 11.7. The van der Waals surface area contributed by atoms with Crippen molar-refractivity contribution in [2.24, 2.45) is 5.92 Å². The zero-order chi connectivity index (χ0) is 12.0. The number of ketones is 1. The van der Waals surface area contributed by atoms with Gasteiger partial charge in [-0.25, -0.2) is 4.98 Å². The van der Waals surface area contributed by atoms with E-state index in [0.29, 0.717) is 17.3 Å². The van der Waals surface area contributed by atoms with Gasteiger partial charge in [-0.2, -0.15) is 0 Å². The normalized spacial score (nSPS) is 12.2. The Morgan fingerprint density at radius 3 is 2.88 bits per heavy atom. The van der Waals surface area contributed by atoms with Gasteiger partial charge in [-0.15, -0.1) is 11.3 Å². The van der Waals surface area contributed by atoms with E-state index in [1.165, 1.54) is 16.9 Å². The Kier molecular flexibility index (Phi) is 5.39. The first kappa shape index (κ1) is 13.1. The maximum Gasteiger partial charge on any atom is 0.191 e. The summed E-state index contributed by atoms with van der Waals surface area (Å²) in [5, 5.41) is 2.50. The van der Waals surface area contributed by atoms with Crippen LogP contribution >= 0.6 is 11.3 Å². The average Bonchev–Trinajstić information content (AvgIpc) is 2.69. The number of thiazole rings is 1. The van der Waals surface area contributed by atoms with Crippen LogP contribution in [0.3, 0.4) is 0 Å². The highest BCUT2D eigenvalue weighted by atomic mass is 32.1. The van der Waals surface area contributed by atoms with Crippen molar-refractivity contribution in [1.29, 1.82) is 0 Å². The lowest BCUT2D eigenvalue weighted by Gasteiger charge is -2.07. The molecular weight excluding hydrogens is 218 g/mol. The minimum atomic E-state index is 0.180. The predicted octanol–water partition coefficient (Wildman–Crippen LogP) is 4.10. The fourth-order valence-corrected chi connectivity index (χ4v) is 2.11. The molecule has 1 aromatic rings. The lowest BCUT2D eigenvalue weighted by molar-refractivity contribution is 0.0962. The van der Waals surface area contributed by atoms with Crippen LogP contribution < -0.4 is 0 Å². The number of hydrogen-bond acceptors (Lipinski definition) is 3. The van der Waals surface area contributed by atoms with Crippen molar-refractivity contribution in [2.45, 2.75) is 40.0 Å². The van der Waals surface area contributed by atoms with E-state index in [9.17, 15) is 4.79 Å². The number of hydrogen-bond donors (Lipinski definition) is 0. The molecule has 0 aliphatic rings. The Hall–Kier alpha value is -0.960.